The third-order valence-electron chi connectivity index (χ3n) is 3.82. The highest BCUT2D eigenvalue weighted by molar-refractivity contribution is 7.10. The highest BCUT2D eigenvalue weighted by Crippen LogP contribution is 2.29. The molecule has 2 N–H and O–H groups in total. The number of hydrogen-bond donors (Lipinski definition) is 2. The lowest BCUT2D eigenvalue weighted by Gasteiger charge is -2.32. The van der Waals surface area contributed by atoms with Gasteiger partial charge in [0, 0.05) is 43.6 Å². The third kappa shape index (κ3) is 3.32. The van der Waals surface area contributed by atoms with Crippen LogP contribution < -0.4 is 10.6 Å². The topological polar surface area (TPSA) is 27.3 Å². The summed E-state index contributed by atoms with van der Waals surface area (Å²) in [5, 5.41) is 9.12. The molecule has 0 aromatic carbocycles. The van der Waals surface area contributed by atoms with Crippen LogP contribution >= 0.6 is 11.3 Å². The number of piperazine rings is 1. The van der Waals surface area contributed by atoms with Gasteiger partial charge in [-0.15, -0.1) is 11.3 Å². The van der Waals surface area contributed by atoms with Crippen LogP contribution in [0.5, 0.6) is 0 Å². The van der Waals surface area contributed by atoms with Gasteiger partial charge in [-0.25, -0.2) is 0 Å². The molecule has 0 spiro atoms. The summed E-state index contributed by atoms with van der Waals surface area (Å²) in [7, 11) is 2.08. The Balaban J connectivity index is 1.97. The van der Waals surface area contributed by atoms with Crippen molar-refractivity contribution in [3.63, 3.8) is 0 Å². The standard InChI is InChI=1S/C14H25N3S/c1-11-4-9-18-14(11)13(15-3)12(2)10-17-7-5-16-6-8-17/h4,9,12-13,15-16H,5-8,10H2,1-3H3. The molecule has 1 aliphatic rings. The van der Waals surface area contributed by atoms with Crippen LogP contribution in [0.1, 0.15) is 23.4 Å². The zero-order valence-corrected chi connectivity index (χ0v) is 12.5. The smallest absolute Gasteiger partial charge is 0.0453 e. The maximum absolute atomic E-state index is 3.50. The van der Waals surface area contributed by atoms with Gasteiger partial charge in [0.1, 0.15) is 0 Å². The molecule has 4 heteroatoms. The Hall–Kier alpha value is -0.420. The Morgan fingerprint density at radius 2 is 2.17 bits per heavy atom. The maximum Gasteiger partial charge on any atom is 0.0453 e. The second-order valence-corrected chi connectivity index (χ2v) is 6.21. The fraction of sp³-hybridized carbons (Fsp3) is 0.714. The van der Waals surface area contributed by atoms with Crippen LogP contribution in [0.3, 0.4) is 0 Å². The van der Waals surface area contributed by atoms with Gasteiger partial charge in [0.15, 0.2) is 0 Å². The molecule has 0 aliphatic carbocycles. The second-order valence-electron chi connectivity index (χ2n) is 5.26. The number of aryl methyl sites for hydroxylation is 1. The average Bonchev–Trinajstić information content (AvgIpc) is 2.78. The molecule has 1 fully saturated rings. The van der Waals surface area contributed by atoms with E-state index in [2.05, 4.69) is 47.9 Å². The van der Waals surface area contributed by atoms with Crippen LogP contribution in [0.25, 0.3) is 0 Å². The Morgan fingerprint density at radius 1 is 1.44 bits per heavy atom. The van der Waals surface area contributed by atoms with E-state index in [-0.39, 0.29) is 0 Å². The highest BCUT2D eigenvalue weighted by atomic mass is 32.1. The van der Waals surface area contributed by atoms with Crippen LogP contribution in [0.4, 0.5) is 0 Å². The van der Waals surface area contributed by atoms with E-state index in [0.29, 0.717) is 12.0 Å². The summed E-state index contributed by atoms with van der Waals surface area (Å²) in [5.74, 6) is 0.644. The number of rotatable bonds is 5. The largest absolute Gasteiger partial charge is 0.314 e. The first-order valence-corrected chi connectivity index (χ1v) is 7.74. The van der Waals surface area contributed by atoms with Gasteiger partial charge in [0.05, 0.1) is 0 Å². The van der Waals surface area contributed by atoms with Crippen molar-refractivity contribution in [2.45, 2.75) is 19.9 Å². The summed E-state index contributed by atoms with van der Waals surface area (Å²) < 4.78 is 0. The molecule has 1 aromatic rings. The van der Waals surface area contributed by atoms with Crippen molar-refractivity contribution in [3.05, 3.63) is 21.9 Å². The van der Waals surface area contributed by atoms with Gasteiger partial charge in [-0.3, -0.25) is 0 Å². The van der Waals surface area contributed by atoms with E-state index in [1.165, 1.54) is 30.1 Å². The molecule has 0 radical (unpaired) electrons. The van der Waals surface area contributed by atoms with Crippen molar-refractivity contribution in [2.75, 3.05) is 39.8 Å². The molecule has 102 valence electrons. The minimum atomic E-state index is 0.486. The quantitative estimate of drug-likeness (QED) is 0.853. The second kappa shape index (κ2) is 6.66. The minimum absolute atomic E-state index is 0.486. The summed E-state index contributed by atoms with van der Waals surface area (Å²) in [6.07, 6.45) is 0. The summed E-state index contributed by atoms with van der Waals surface area (Å²) in [6.45, 7) is 10.4. The normalized spacial score (nSPS) is 20.8. The van der Waals surface area contributed by atoms with Gasteiger partial charge in [0.25, 0.3) is 0 Å². The molecule has 0 amide bonds. The van der Waals surface area contributed by atoms with Crippen molar-refractivity contribution >= 4 is 11.3 Å². The van der Waals surface area contributed by atoms with Crippen LogP contribution in [0.2, 0.25) is 0 Å². The molecular formula is C14H25N3S. The van der Waals surface area contributed by atoms with Crippen LogP contribution in [0, 0.1) is 12.8 Å². The number of hydrogen-bond acceptors (Lipinski definition) is 4. The Morgan fingerprint density at radius 3 is 2.72 bits per heavy atom. The maximum atomic E-state index is 3.50. The van der Waals surface area contributed by atoms with E-state index in [1.54, 1.807) is 0 Å². The average molecular weight is 267 g/mol. The Kier molecular flexibility index (Phi) is 5.18. The Bertz CT molecular complexity index is 358. The molecular weight excluding hydrogens is 242 g/mol. The van der Waals surface area contributed by atoms with Crippen LogP contribution in [-0.2, 0) is 0 Å². The Labute approximate surface area is 115 Å². The predicted molar refractivity (Wildman–Crippen MR) is 79.3 cm³/mol. The summed E-state index contributed by atoms with van der Waals surface area (Å²) >= 11 is 1.88. The van der Waals surface area contributed by atoms with Gasteiger partial charge < -0.3 is 15.5 Å². The lowest BCUT2D eigenvalue weighted by Crippen LogP contribution is -2.46. The van der Waals surface area contributed by atoms with Crippen molar-refractivity contribution < 1.29 is 0 Å². The highest BCUT2D eigenvalue weighted by Gasteiger charge is 2.23. The monoisotopic (exact) mass is 267 g/mol. The molecule has 2 heterocycles. The molecule has 3 nitrogen and oxygen atoms in total. The molecule has 18 heavy (non-hydrogen) atoms. The van der Waals surface area contributed by atoms with Gasteiger partial charge >= 0.3 is 0 Å². The zero-order valence-electron chi connectivity index (χ0n) is 11.7. The first kappa shape index (κ1) is 14.0. The lowest BCUT2D eigenvalue weighted by molar-refractivity contribution is 0.193. The molecule has 2 atom stereocenters. The first-order chi connectivity index (χ1) is 8.72. The molecule has 2 unspecified atom stereocenters. The fourth-order valence-corrected chi connectivity index (χ4v) is 3.95. The minimum Gasteiger partial charge on any atom is -0.314 e. The third-order valence-corrected chi connectivity index (χ3v) is 4.92. The van der Waals surface area contributed by atoms with E-state index >= 15 is 0 Å². The molecule has 1 aliphatic heterocycles. The van der Waals surface area contributed by atoms with Crippen LogP contribution in [-0.4, -0.2) is 44.7 Å². The van der Waals surface area contributed by atoms with E-state index in [0.717, 1.165) is 13.1 Å². The van der Waals surface area contributed by atoms with E-state index in [9.17, 15) is 0 Å². The molecule has 2 rings (SSSR count). The van der Waals surface area contributed by atoms with Gasteiger partial charge in [-0.05, 0) is 36.9 Å². The van der Waals surface area contributed by atoms with Crippen molar-refractivity contribution in [1.82, 2.24) is 15.5 Å². The molecule has 1 saturated heterocycles. The summed E-state index contributed by atoms with van der Waals surface area (Å²) in [4.78, 5) is 4.08. The van der Waals surface area contributed by atoms with Gasteiger partial charge in [0.2, 0.25) is 0 Å². The fourth-order valence-electron chi connectivity index (χ4n) is 2.78. The van der Waals surface area contributed by atoms with E-state index in [1.807, 2.05) is 11.3 Å². The summed E-state index contributed by atoms with van der Waals surface area (Å²) in [5.41, 5.74) is 1.42. The number of nitrogens with one attached hydrogen (secondary N) is 2. The van der Waals surface area contributed by atoms with Crippen LogP contribution in [0.15, 0.2) is 11.4 Å². The predicted octanol–water partition coefficient (Wildman–Crippen LogP) is 1.86. The van der Waals surface area contributed by atoms with Gasteiger partial charge in [-0.2, -0.15) is 0 Å². The number of thiophene rings is 1. The van der Waals surface area contributed by atoms with E-state index < -0.39 is 0 Å². The first-order valence-electron chi connectivity index (χ1n) is 6.86. The lowest BCUT2D eigenvalue weighted by atomic mass is 9.97. The SMILES string of the molecule is CNC(c1sccc1C)C(C)CN1CCNCC1. The molecule has 1 aromatic heterocycles. The number of nitrogens with zero attached hydrogens (tertiary/aromatic N) is 1. The van der Waals surface area contributed by atoms with Crippen molar-refractivity contribution in [1.29, 1.82) is 0 Å². The van der Waals surface area contributed by atoms with Gasteiger partial charge in [-0.1, -0.05) is 6.92 Å². The molecule has 0 saturated carbocycles. The summed E-state index contributed by atoms with van der Waals surface area (Å²) in [6, 6.07) is 2.71. The molecule has 0 bridgehead atoms. The van der Waals surface area contributed by atoms with Crippen molar-refractivity contribution in [3.8, 4) is 0 Å². The van der Waals surface area contributed by atoms with E-state index in [4.69, 9.17) is 0 Å². The zero-order chi connectivity index (χ0) is 13.0. The van der Waals surface area contributed by atoms with Crippen molar-refractivity contribution in [2.24, 2.45) is 5.92 Å².